The van der Waals surface area contributed by atoms with E-state index in [0.29, 0.717) is 5.56 Å². The summed E-state index contributed by atoms with van der Waals surface area (Å²) in [6.45, 7) is 10.3. The van der Waals surface area contributed by atoms with Gasteiger partial charge in [-0.2, -0.15) is 0 Å². The van der Waals surface area contributed by atoms with Crippen LogP contribution in [0, 0.1) is 0 Å². The molecule has 1 aromatic rings. The van der Waals surface area contributed by atoms with Gasteiger partial charge in [0.05, 0.1) is 0 Å². The normalized spacial score (nSPS) is 12.7. The van der Waals surface area contributed by atoms with Crippen molar-refractivity contribution in [1.29, 1.82) is 0 Å². The number of nitrogens with one attached hydrogen (secondary N) is 2. The number of likely N-dealkylation sites (N-methyl/N-ethyl adjacent to an activating group) is 1. The van der Waals surface area contributed by atoms with Gasteiger partial charge < -0.3 is 25.4 Å². The van der Waals surface area contributed by atoms with Crippen molar-refractivity contribution in [2.75, 3.05) is 13.6 Å². The van der Waals surface area contributed by atoms with Crippen molar-refractivity contribution < 1.29 is 24.2 Å². The molecule has 1 atom stereocenters. The van der Waals surface area contributed by atoms with Crippen LogP contribution in [0.4, 0.5) is 4.79 Å². The number of rotatable bonds is 5. The molecule has 0 heterocycles. The number of phenols is 1. The molecule has 0 saturated carbocycles. The molecule has 0 spiro atoms. The number of alkyl carbamates (subject to hydrolysis) is 1. The maximum Gasteiger partial charge on any atom is 0.408 e. The lowest BCUT2D eigenvalue weighted by Gasteiger charge is -2.31. The maximum absolute atomic E-state index is 12.8. The van der Waals surface area contributed by atoms with Crippen molar-refractivity contribution in [3.05, 3.63) is 29.8 Å². The molecule has 0 aliphatic heterocycles. The highest BCUT2D eigenvalue weighted by Gasteiger charge is 2.31. The Morgan fingerprint density at radius 1 is 1.14 bits per heavy atom. The standard InChI is InChI=1S/C20H31N3O5/c1-19(2,3)22-17(26)16(13-9-8-10-14(24)11-13)23(7)15(25)12-21-18(27)28-20(4,5)6/h8-11,16,24H,12H2,1-7H3,(H,21,27)(H,22,26). The van der Waals surface area contributed by atoms with Crippen molar-refractivity contribution in [2.24, 2.45) is 0 Å². The fourth-order valence-electron chi connectivity index (χ4n) is 2.41. The van der Waals surface area contributed by atoms with E-state index in [1.54, 1.807) is 32.9 Å². The molecule has 0 aliphatic rings. The van der Waals surface area contributed by atoms with E-state index in [0.717, 1.165) is 0 Å². The van der Waals surface area contributed by atoms with Crippen LogP contribution in [0.3, 0.4) is 0 Å². The number of hydrogen-bond acceptors (Lipinski definition) is 5. The molecule has 1 rings (SSSR count). The van der Waals surface area contributed by atoms with E-state index in [1.807, 2.05) is 20.8 Å². The second kappa shape index (κ2) is 8.95. The van der Waals surface area contributed by atoms with E-state index in [-0.39, 0.29) is 12.3 Å². The summed E-state index contributed by atoms with van der Waals surface area (Å²) in [6, 6.07) is 5.18. The number of phenolic OH excluding ortho intramolecular Hbond substituents is 1. The van der Waals surface area contributed by atoms with Gasteiger partial charge in [0.1, 0.15) is 23.9 Å². The molecule has 0 saturated heterocycles. The Morgan fingerprint density at radius 3 is 2.25 bits per heavy atom. The van der Waals surface area contributed by atoms with E-state index in [4.69, 9.17) is 4.74 Å². The highest BCUT2D eigenvalue weighted by Crippen LogP contribution is 2.24. The summed E-state index contributed by atoms with van der Waals surface area (Å²) < 4.78 is 5.11. The molecule has 8 heteroatoms. The van der Waals surface area contributed by atoms with Crippen LogP contribution in [0.2, 0.25) is 0 Å². The van der Waals surface area contributed by atoms with E-state index >= 15 is 0 Å². The minimum absolute atomic E-state index is 0.0150. The van der Waals surface area contributed by atoms with Crippen LogP contribution >= 0.6 is 0 Å². The van der Waals surface area contributed by atoms with Crippen LogP contribution in [-0.4, -0.2) is 52.6 Å². The molecule has 0 bridgehead atoms. The summed E-state index contributed by atoms with van der Waals surface area (Å²) in [5.74, 6) is -0.895. The second-order valence-corrected chi connectivity index (χ2v) is 8.60. The molecule has 28 heavy (non-hydrogen) atoms. The van der Waals surface area contributed by atoms with Crippen molar-refractivity contribution in [3.63, 3.8) is 0 Å². The zero-order valence-corrected chi connectivity index (χ0v) is 17.6. The van der Waals surface area contributed by atoms with Gasteiger partial charge in [0, 0.05) is 12.6 Å². The average Bonchev–Trinajstić information content (AvgIpc) is 2.49. The highest BCUT2D eigenvalue weighted by molar-refractivity contribution is 5.90. The van der Waals surface area contributed by atoms with Crippen molar-refractivity contribution in [1.82, 2.24) is 15.5 Å². The minimum Gasteiger partial charge on any atom is -0.508 e. The first-order valence-corrected chi connectivity index (χ1v) is 9.03. The Hall–Kier alpha value is -2.77. The molecule has 1 aromatic carbocycles. The van der Waals surface area contributed by atoms with Crippen LogP contribution in [0.5, 0.6) is 5.75 Å². The Labute approximate surface area is 166 Å². The average molecular weight is 393 g/mol. The van der Waals surface area contributed by atoms with Crippen LogP contribution in [0.15, 0.2) is 24.3 Å². The molecule has 3 N–H and O–H groups in total. The molecule has 0 aliphatic carbocycles. The quantitative estimate of drug-likeness (QED) is 0.712. The lowest BCUT2D eigenvalue weighted by Crippen LogP contribution is -2.50. The van der Waals surface area contributed by atoms with Crippen LogP contribution in [0.1, 0.15) is 53.1 Å². The molecule has 156 valence electrons. The van der Waals surface area contributed by atoms with Crippen molar-refractivity contribution in [3.8, 4) is 5.75 Å². The topological polar surface area (TPSA) is 108 Å². The third-order valence-corrected chi connectivity index (χ3v) is 3.50. The number of ether oxygens (including phenoxy) is 1. The first-order chi connectivity index (χ1) is 12.7. The number of nitrogens with zero attached hydrogens (tertiary/aromatic N) is 1. The molecular formula is C20H31N3O5. The second-order valence-electron chi connectivity index (χ2n) is 8.60. The van der Waals surface area contributed by atoms with Gasteiger partial charge in [-0.3, -0.25) is 9.59 Å². The van der Waals surface area contributed by atoms with Crippen molar-refractivity contribution >= 4 is 17.9 Å². The van der Waals surface area contributed by atoms with E-state index in [1.165, 1.54) is 24.1 Å². The molecule has 0 radical (unpaired) electrons. The van der Waals surface area contributed by atoms with Gasteiger partial charge in [0.15, 0.2) is 0 Å². The SMILES string of the molecule is CN(C(=O)CNC(=O)OC(C)(C)C)C(C(=O)NC(C)(C)C)c1cccc(O)c1. The zero-order valence-electron chi connectivity index (χ0n) is 17.6. The summed E-state index contributed by atoms with van der Waals surface area (Å²) in [4.78, 5) is 38.4. The van der Waals surface area contributed by atoms with Crippen molar-refractivity contribution in [2.45, 2.75) is 58.7 Å². The number of aromatic hydroxyl groups is 1. The van der Waals surface area contributed by atoms with Gasteiger partial charge in [-0.1, -0.05) is 12.1 Å². The third-order valence-electron chi connectivity index (χ3n) is 3.50. The molecular weight excluding hydrogens is 362 g/mol. The first-order valence-electron chi connectivity index (χ1n) is 9.03. The molecule has 3 amide bonds. The molecule has 0 fully saturated rings. The summed E-state index contributed by atoms with van der Waals surface area (Å²) in [6.07, 6.45) is -0.720. The predicted octanol–water partition coefficient (Wildman–Crippen LogP) is 2.33. The third kappa shape index (κ3) is 7.85. The van der Waals surface area contributed by atoms with Gasteiger partial charge in [0.25, 0.3) is 0 Å². The van der Waals surface area contributed by atoms with E-state index < -0.39 is 35.1 Å². The van der Waals surface area contributed by atoms with Crippen LogP contribution < -0.4 is 10.6 Å². The van der Waals surface area contributed by atoms with Gasteiger partial charge in [-0.25, -0.2) is 4.79 Å². The predicted molar refractivity (Wildman–Crippen MR) is 106 cm³/mol. The Balaban J connectivity index is 2.98. The lowest BCUT2D eigenvalue weighted by atomic mass is 10.0. The van der Waals surface area contributed by atoms with E-state index in [2.05, 4.69) is 10.6 Å². The summed E-state index contributed by atoms with van der Waals surface area (Å²) in [5, 5.41) is 15.0. The number of benzene rings is 1. The smallest absolute Gasteiger partial charge is 0.408 e. The Bertz CT molecular complexity index is 719. The number of carbonyl (C=O) groups is 3. The fraction of sp³-hybridized carbons (Fsp3) is 0.550. The van der Waals surface area contributed by atoms with Crippen LogP contribution in [-0.2, 0) is 14.3 Å². The number of carbonyl (C=O) groups excluding carboxylic acids is 3. The van der Waals surface area contributed by atoms with Gasteiger partial charge in [-0.15, -0.1) is 0 Å². The largest absolute Gasteiger partial charge is 0.508 e. The summed E-state index contributed by atoms with van der Waals surface area (Å²) in [7, 11) is 1.47. The molecule has 1 unspecified atom stereocenters. The van der Waals surface area contributed by atoms with Gasteiger partial charge in [0.2, 0.25) is 11.8 Å². The van der Waals surface area contributed by atoms with Gasteiger partial charge >= 0.3 is 6.09 Å². The summed E-state index contributed by atoms with van der Waals surface area (Å²) in [5.41, 5.74) is -0.740. The van der Waals surface area contributed by atoms with E-state index in [9.17, 15) is 19.5 Å². The minimum atomic E-state index is -0.973. The highest BCUT2D eigenvalue weighted by atomic mass is 16.6. The maximum atomic E-state index is 12.8. The first kappa shape index (κ1) is 23.3. The zero-order chi connectivity index (χ0) is 21.7. The number of hydrogen-bond donors (Lipinski definition) is 3. The Kier molecular flexibility index (Phi) is 7.43. The Morgan fingerprint density at radius 2 is 1.75 bits per heavy atom. The van der Waals surface area contributed by atoms with Gasteiger partial charge in [-0.05, 0) is 59.2 Å². The summed E-state index contributed by atoms with van der Waals surface area (Å²) >= 11 is 0. The van der Waals surface area contributed by atoms with Crippen LogP contribution in [0.25, 0.3) is 0 Å². The fourth-order valence-corrected chi connectivity index (χ4v) is 2.41. The molecule has 0 aromatic heterocycles. The number of amides is 3. The lowest BCUT2D eigenvalue weighted by molar-refractivity contribution is -0.139. The monoisotopic (exact) mass is 393 g/mol. The molecule has 8 nitrogen and oxygen atoms in total.